The molecule has 0 aromatic heterocycles. The Morgan fingerprint density at radius 3 is 2.57 bits per heavy atom. The van der Waals surface area contributed by atoms with Gasteiger partial charge in [-0.15, -0.1) is 0 Å². The minimum atomic E-state index is -0.480. The van der Waals surface area contributed by atoms with Crippen LogP contribution in [0.1, 0.15) is 41.7 Å². The number of nitrogens with zero attached hydrogens (tertiary/aromatic N) is 1. The predicted octanol–water partition coefficient (Wildman–Crippen LogP) is 0.831. The predicted molar refractivity (Wildman–Crippen MR) is 84.3 cm³/mol. The number of imide groups is 1. The van der Waals surface area contributed by atoms with Crippen molar-refractivity contribution >= 4 is 17.7 Å². The highest BCUT2D eigenvalue weighted by atomic mass is 16.2. The fraction of sp³-hybridized carbons (Fsp3) is 0.471. The van der Waals surface area contributed by atoms with Crippen molar-refractivity contribution in [3.63, 3.8) is 0 Å². The molecule has 1 aromatic rings. The molecule has 3 N–H and O–H groups in total. The van der Waals surface area contributed by atoms with Crippen LogP contribution in [0, 0.1) is 11.8 Å². The van der Waals surface area contributed by atoms with Crippen LogP contribution in [0.25, 0.3) is 0 Å². The van der Waals surface area contributed by atoms with Crippen molar-refractivity contribution < 1.29 is 14.4 Å². The standard InChI is InChI=1S/C17H21N3O3/c1-2-3-8-20-16(22)12-9-19-14(13(12)17(20)23)10-4-6-11(7-5-10)15(18)21/h4-7,12-14,19H,2-3,8-9H2,1H3,(H2,18,21). The van der Waals surface area contributed by atoms with Crippen molar-refractivity contribution in [1.29, 1.82) is 0 Å². The van der Waals surface area contributed by atoms with E-state index in [4.69, 9.17) is 5.73 Å². The molecule has 1 aromatic carbocycles. The Morgan fingerprint density at radius 1 is 1.26 bits per heavy atom. The van der Waals surface area contributed by atoms with Crippen molar-refractivity contribution in [1.82, 2.24) is 10.2 Å². The number of benzene rings is 1. The molecule has 3 unspecified atom stereocenters. The SMILES string of the molecule is CCCCN1C(=O)C2CNC(c3ccc(C(N)=O)cc3)C2C1=O. The van der Waals surface area contributed by atoms with Gasteiger partial charge >= 0.3 is 0 Å². The lowest BCUT2D eigenvalue weighted by molar-refractivity contribution is -0.140. The van der Waals surface area contributed by atoms with Crippen LogP contribution in [-0.4, -0.2) is 35.7 Å². The number of carbonyl (C=O) groups excluding carboxylic acids is 3. The maximum atomic E-state index is 12.7. The summed E-state index contributed by atoms with van der Waals surface area (Å²) in [6.45, 7) is 3.06. The number of hydrogen-bond donors (Lipinski definition) is 2. The Labute approximate surface area is 135 Å². The van der Waals surface area contributed by atoms with Crippen molar-refractivity contribution in [3.05, 3.63) is 35.4 Å². The fourth-order valence-corrected chi connectivity index (χ4v) is 3.50. The molecule has 2 fully saturated rings. The zero-order chi connectivity index (χ0) is 16.6. The van der Waals surface area contributed by atoms with E-state index in [-0.39, 0.29) is 29.7 Å². The third kappa shape index (κ3) is 2.63. The largest absolute Gasteiger partial charge is 0.366 e. The Hall–Kier alpha value is -2.21. The van der Waals surface area contributed by atoms with E-state index in [0.29, 0.717) is 18.7 Å². The first-order valence-corrected chi connectivity index (χ1v) is 8.03. The number of primary amides is 1. The molecule has 0 bridgehead atoms. The van der Waals surface area contributed by atoms with Crippen LogP contribution < -0.4 is 11.1 Å². The van der Waals surface area contributed by atoms with Crippen LogP contribution in [0.5, 0.6) is 0 Å². The third-order valence-electron chi connectivity index (χ3n) is 4.77. The van der Waals surface area contributed by atoms with Crippen LogP contribution in [-0.2, 0) is 9.59 Å². The monoisotopic (exact) mass is 315 g/mol. The Morgan fingerprint density at radius 2 is 1.96 bits per heavy atom. The maximum absolute atomic E-state index is 12.7. The fourth-order valence-electron chi connectivity index (χ4n) is 3.50. The van der Waals surface area contributed by atoms with Gasteiger partial charge in [0.15, 0.2) is 0 Å². The van der Waals surface area contributed by atoms with Crippen LogP contribution in [0.3, 0.4) is 0 Å². The van der Waals surface area contributed by atoms with Gasteiger partial charge in [-0.25, -0.2) is 0 Å². The van der Waals surface area contributed by atoms with E-state index in [0.717, 1.165) is 18.4 Å². The summed E-state index contributed by atoms with van der Waals surface area (Å²) in [5.41, 5.74) is 6.58. The summed E-state index contributed by atoms with van der Waals surface area (Å²) in [6.07, 6.45) is 1.78. The van der Waals surface area contributed by atoms with Crippen LogP contribution >= 0.6 is 0 Å². The smallest absolute Gasteiger partial charge is 0.248 e. The molecule has 122 valence electrons. The summed E-state index contributed by atoms with van der Waals surface area (Å²) in [6, 6.07) is 6.72. The number of fused-ring (bicyclic) bond motifs is 1. The highest BCUT2D eigenvalue weighted by molar-refractivity contribution is 6.06. The number of rotatable bonds is 5. The van der Waals surface area contributed by atoms with Crippen LogP contribution in [0.2, 0.25) is 0 Å². The van der Waals surface area contributed by atoms with Crippen molar-refractivity contribution in [2.24, 2.45) is 17.6 Å². The second kappa shape index (κ2) is 6.12. The first kappa shape index (κ1) is 15.7. The number of likely N-dealkylation sites (tertiary alicyclic amines) is 1. The number of unbranched alkanes of at least 4 members (excludes halogenated alkanes) is 1. The van der Waals surface area contributed by atoms with E-state index in [1.165, 1.54) is 4.90 Å². The summed E-state index contributed by atoms with van der Waals surface area (Å²) < 4.78 is 0. The molecule has 0 saturated carbocycles. The summed E-state index contributed by atoms with van der Waals surface area (Å²) in [5, 5.41) is 3.28. The third-order valence-corrected chi connectivity index (χ3v) is 4.77. The van der Waals surface area contributed by atoms with Crippen LogP contribution in [0.4, 0.5) is 0 Å². The Balaban J connectivity index is 1.82. The molecular weight excluding hydrogens is 294 g/mol. The van der Waals surface area contributed by atoms with E-state index in [1.54, 1.807) is 24.3 Å². The summed E-state index contributed by atoms with van der Waals surface area (Å²) in [4.78, 5) is 37.7. The van der Waals surface area contributed by atoms with Gasteiger partial charge in [0.1, 0.15) is 0 Å². The molecule has 0 spiro atoms. The Kier molecular flexibility index (Phi) is 4.17. The van der Waals surface area contributed by atoms with Gasteiger partial charge in [0.2, 0.25) is 17.7 Å². The van der Waals surface area contributed by atoms with Crippen LogP contribution in [0.15, 0.2) is 24.3 Å². The van der Waals surface area contributed by atoms with Gasteiger partial charge < -0.3 is 11.1 Å². The van der Waals surface area contributed by atoms with Gasteiger partial charge in [-0.3, -0.25) is 19.3 Å². The second-order valence-corrected chi connectivity index (χ2v) is 6.19. The molecular formula is C17H21N3O3. The highest BCUT2D eigenvalue weighted by Gasteiger charge is 2.54. The molecule has 2 heterocycles. The molecule has 2 aliphatic heterocycles. The second-order valence-electron chi connectivity index (χ2n) is 6.19. The summed E-state index contributed by atoms with van der Waals surface area (Å²) in [5.74, 6) is -1.25. The molecule has 2 aliphatic rings. The topological polar surface area (TPSA) is 92.5 Å². The van der Waals surface area contributed by atoms with E-state index in [9.17, 15) is 14.4 Å². The Bertz CT molecular complexity index is 641. The maximum Gasteiger partial charge on any atom is 0.248 e. The first-order chi connectivity index (χ1) is 11.0. The molecule has 3 atom stereocenters. The van der Waals surface area contributed by atoms with Gasteiger partial charge in [-0.1, -0.05) is 25.5 Å². The van der Waals surface area contributed by atoms with Crippen molar-refractivity contribution in [2.45, 2.75) is 25.8 Å². The first-order valence-electron chi connectivity index (χ1n) is 8.03. The highest BCUT2D eigenvalue weighted by Crippen LogP contribution is 2.40. The van der Waals surface area contributed by atoms with E-state index >= 15 is 0 Å². The molecule has 23 heavy (non-hydrogen) atoms. The number of nitrogens with two attached hydrogens (primary N) is 1. The lowest BCUT2D eigenvalue weighted by atomic mass is 9.88. The average molecular weight is 315 g/mol. The van der Waals surface area contributed by atoms with E-state index in [1.807, 2.05) is 6.92 Å². The van der Waals surface area contributed by atoms with Gasteiger partial charge in [-0.05, 0) is 24.1 Å². The minimum absolute atomic E-state index is 0.0581. The lowest BCUT2D eigenvalue weighted by Crippen LogP contribution is -2.36. The molecule has 3 amide bonds. The zero-order valence-electron chi connectivity index (χ0n) is 13.1. The molecule has 6 heteroatoms. The minimum Gasteiger partial charge on any atom is -0.366 e. The van der Waals surface area contributed by atoms with E-state index < -0.39 is 5.91 Å². The molecule has 2 saturated heterocycles. The number of nitrogens with one attached hydrogen (secondary N) is 1. The normalized spacial score (nSPS) is 26.7. The van der Waals surface area contributed by atoms with Gasteiger partial charge in [-0.2, -0.15) is 0 Å². The number of hydrogen-bond acceptors (Lipinski definition) is 4. The molecule has 6 nitrogen and oxygen atoms in total. The number of carbonyl (C=O) groups is 3. The summed E-state index contributed by atoms with van der Waals surface area (Å²) in [7, 11) is 0. The number of amides is 3. The van der Waals surface area contributed by atoms with Crippen molar-refractivity contribution in [2.75, 3.05) is 13.1 Å². The summed E-state index contributed by atoms with van der Waals surface area (Å²) >= 11 is 0. The van der Waals surface area contributed by atoms with Gasteiger partial charge in [0.05, 0.1) is 11.8 Å². The molecule has 0 radical (unpaired) electrons. The molecule has 0 aliphatic carbocycles. The van der Waals surface area contributed by atoms with Crippen molar-refractivity contribution in [3.8, 4) is 0 Å². The quantitative estimate of drug-likeness (QED) is 0.787. The molecule has 3 rings (SSSR count). The van der Waals surface area contributed by atoms with Gasteiger partial charge in [0.25, 0.3) is 0 Å². The van der Waals surface area contributed by atoms with E-state index in [2.05, 4.69) is 5.32 Å². The van der Waals surface area contributed by atoms with Gasteiger partial charge in [0, 0.05) is 24.7 Å². The zero-order valence-corrected chi connectivity index (χ0v) is 13.1. The average Bonchev–Trinajstić information content (AvgIpc) is 3.08. The lowest BCUT2D eigenvalue weighted by Gasteiger charge is -2.20.